The quantitative estimate of drug-likeness (QED) is 0.869. The molecule has 1 aliphatic carbocycles. The first kappa shape index (κ1) is 16.2. The van der Waals surface area contributed by atoms with Crippen LogP contribution in [0.1, 0.15) is 50.4 Å². The van der Waals surface area contributed by atoms with E-state index in [1.165, 1.54) is 6.42 Å². The molecule has 1 aromatic carbocycles. The fourth-order valence-corrected chi connectivity index (χ4v) is 3.55. The van der Waals surface area contributed by atoms with Gasteiger partial charge in [-0.3, -0.25) is 4.79 Å². The molecule has 1 aromatic rings. The summed E-state index contributed by atoms with van der Waals surface area (Å²) in [5, 5.41) is 6.99. The van der Waals surface area contributed by atoms with Crippen LogP contribution in [0.4, 0.5) is 5.69 Å². The Labute approximate surface area is 132 Å². The van der Waals surface area contributed by atoms with E-state index in [4.69, 9.17) is 11.6 Å². The molecule has 0 spiro atoms. The smallest absolute Gasteiger partial charge is 0.253 e. The van der Waals surface area contributed by atoms with E-state index in [2.05, 4.69) is 24.5 Å². The molecule has 2 unspecified atom stereocenters. The van der Waals surface area contributed by atoms with E-state index < -0.39 is 0 Å². The maximum atomic E-state index is 12.6. The van der Waals surface area contributed by atoms with Crippen LogP contribution < -0.4 is 10.6 Å². The van der Waals surface area contributed by atoms with Crippen LogP contribution in [0.15, 0.2) is 18.2 Å². The average molecular weight is 309 g/mol. The lowest BCUT2D eigenvalue weighted by atomic mass is 9.80. The number of anilines is 1. The fourth-order valence-electron chi connectivity index (χ4n) is 3.38. The SMILES string of the molecule is CCNc1ccc(Cl)cc1C(=O)NC1CC(C)CC(C)C1. The Morgan fingerprint density at radius 3 is 2.52 bits per heavy atom. The molecule has 0 heterocycles. The van der Waals surface area contributed by atoms with Crippen molar-refractivity contribution in [1.29, 1.82) is 0 Å². The number of hydrogen-bond donors (Lipinski definition) is 2. The summed E-state index contributed by atoms with van der Waals surface area (Å²) in [4.78, 5) is 12.6. The van der Waals surface area contributed by atoms with Gasteiger partial charge in [0.15, 0.2) is 0 Å². The molecule has 2 atom stereocenters. The van der Waals surface area contributed by atoms with Crippen molar-refractivity contribution in [1.82, 2.24) is 5.32 Å². The Morgan fingerprint density at radius 2 is 1.90 bits per heavy atom. The Bertz CT molecular complexity index is 494. The number of carbonyl (C=O) groups is 1. The monoisotopic (exact) mass is 308 g/mol. The molecule has 3 nitrogen and oxygen atoms in total. The molecule has 0 bridgehead atoms. The topological polar surface area (TPSA) is 41.1 Å². The molecule has 0 saturated heterocycles. The molecule has 2 rings (SSSR count). The zero-order chi connectivity index (χ0) is 15.4. The first-order valence-corrected chi connectivity index (χ1v) is 8.21. The van der Waals surface area contributed by atoms with Crippen LogP contribution in [0, 0.1) is 11.8 Å². The van der Waals surface area contributed by atoms with Gasteiger partial charge in [0.05, 0.1) is 5.56 Å². The Hall–Kier alpha value is -1.22. The lowest BCUT2D eigenvalue weighted by molar-refractivity contribution is 0.0912. The summed E-state index contributed by atoms with van der Waals surface area (Å²) >= 11 is 6.04. The highest BCUT2D eigenvalue weighted by Crippen LogP contribution is 2.29. The van der Waals surface area contributed by atoms with Crippen molar-refractivity contribution in [3.05, 3.63) is 28.8 Å². The third-order valence-corrected chi connectivity index (χ3v) is 4.34. The van der Waals surface area contributed by atoms with Gasteiger partial charge in [0.1, 0.15) is 0 Å². The summed E-state index contributed by atoms with van der Waals surface area (Å²) in [5.74, 6) is 1.32. The predicted octanol–water partition coefficient (Wildman–Crippen LogP) is 4.33. The van der Waals surface area contributed by atoms with E-state index in [0.29, 0.717) is 22.4 Å². The van der Waals surface area contributed by atoms with Crippen molar-refractivity contribution < 1.29 is 4.79 Å². The van der Waals surface area contributed by atoms with Crippen LogP contribution in [0.2, 0.25) is 5.02 Å². The van der Waals surface area contributed by atoms with Crippen LogP contribution in [0.5, 0.6) is 0 Å². The maximum absolute atomic E-state index is 12.6. The van der Waals surface area contributed by atoms with Gasteiger partial charge in [-0.15, -0.1) is 0 Å². The molecular weight excluding hydrogens is 284 g/mol. The van der Waals surface area contributed by atoms with Gasteiger partial charge in [0.25, 0.3) is 5.91 Å². The van der Waals surface area contributed by atoms with Gasteiger partial charge < -0.3 is 10.6 Å². The van der Waals surface area contributed by atoms with Crippen LogP contribution in [0.3, 0.4) is 0 Å². The van der Waals surface area contributed by atoms with Crippen molar-refractivity contribution >= 4 is 23.2 Å². The first-order chi connectivity index (χ1) is 9.99. The van der Waals surface area contributed by atoms with E-state index in [9.17, 15) is 4.79 Å². The van der Waals surface area contributed by atoms with E-state index in [1.54, 1.807) is 12.1 Å². The van der Waals surface area contributed by atoms with Gasteiger partial charge in [-0.05, 0) is 56.2 Å². The normalized spacial score (nSPS) is 25.4. The van der Waals surface area contributed by atoms with Crippen LogP contribution >= 0.6 is 11.6 Å². The molecule has 1 fully saturated rings. The van der Waals surface area contributed by atoms with Crippen molar-refractivity contribution in [2.75, 3.05) is 11.9 Å². The Balaban J connectivity index is 2.10. The van der Waals surface area contributed by atoms with Gasteiger partial charge in [-0.2, -0.15) is 0 Å². The highest BCUT2D eigenvalue weighted by Gasteiger charge is 2.26. The van der Waals surface area contributed by atoms with Gasteiger partial charge in [0.2, 0.25) is 0 Å². The summed E-state index contributed by atoms with van der Waals surface area (Å²) in [7, 11) is 0. The van der Waals surface area contributed by atoms with Gasteiger partial charge in [-0.25, -0.2) is 0 Å². The number of amides is 1. The fraction of sp³-hybridized carbons (Fsp3) is 0.588. The van der Waals surface area contributed by atoms with Crippen molar-refractivity contribution in [3.63, 3.8) is 0 Å². The maximum Gasteiger partial charge on any atom is 0.253 e. The average Bonchev–Trinajstić information content (AvgIpc) is 2.39. The minimum Gasteiger partial charge on any atom is -0.385 e. The highest BCUT2D eigenvalue weighted by molar-refractivity contribution is 6.31. The first-order valence-electron chi connectivity index (χ1n) is 7.83. The highest BCUT2D eigenvalue weighted by atomic mass is 35.5. The summed E-state index contributed by atoms with van der Waals surface area (Å²) in [6.07, 6.45) is 3.38. The van der Waals surface area contributed by atoms with Crippen LogP contribution in [-0.2, 0) is 0 Å². The minimum atomic E-state index is -0.0280. The third-order valence-electron chi connectivity index (χ3n) is 4.11. The molecule has 2 N–H and O–H groups in total. The van der Waals surface area contributed by atoms with Gasteiger partial charge in [0, 0.05) is 23.3 Å². The molecule has 1 amide bonds. The van der Waals surface area contributed by atoms with E-state index in [1.807, 2.05) is 13.0 Å². The zero-order valence-corrected chi connectivity index (χ0v) is 13.8. The Morgan fingerprint density at radius 1 is 1.24 bits per heavy atom. The number of benzene rings is 1. The lowest BCUT2D eigenvalue weighted by Gasteiger charge is -2.32. The summed E-state index contributed by atoms with van der Waals surface area (Å²) in [5.41, 5.74) is 1.48. The summed E-state index contributed by atoms with van der Waals surface area (Å²) in [6, 6.07) is 5.68. The molecule has 0 aromatic heterocycles. The van der Waals surface area contributed by atoms with Crippen molar-refractivity contribution in [2.24, 2.45) is 11.8 Å². The minimum absolute atomic E-state index is 0.0280. The second-order valence-corrected chi connectivity index (χ2v) is 6.74. The van der Waals surface area contributed by atoms with E-state index >= 15 is 0 Å². The zero-order valence-electron chi connectivity index (χ0n) is 13.1. The molecule has 116 valence electrons. The number of carbonyl (C=O) groups excluding carboxylic acids is 1. The van der Waals surface area contributed by atoms with Crippen LogP contribution in [0.25, 0.3) is 0 Å². The summed E-state index contributed by atoms with van der Waals surface area (Å²) < 4.78 is 0. The standard InChI is InChI=1S/C17H25ClN2O/c1-4-19-16-6-5-13(18)10-15(16)17(21)20-14-8-11(2)7-12(3)9-14/h5-6,10-12,14,19H,4,7-9H2,1-3H3,(H,20,21). The van der Waals surface area contributed by atoms with Crippen LogP contribution in [-0.4, -0.2) is 18.5 Å². The number of hydrogen-bond acceptors (Lipinski definition) is 2. The van der Waals surface area contributed by atoms with E-state index in [-0.39, 0.29) is 11.9 Å². The number of halogens is 1. The molecule has 1 saturated carbocycles. The lowest BCUT2D eigenvalue weighted by Crippen LogP contribution is -2.40. The molecule has 0 aliphatic heterocycles. The number of nitrogens with one attached hydrogen (secondary N) is 2. The largest absolute Gasteiger partial charge is 0.385 e. The molecule has 21 heavy (non-hydrogen) atoms. The molecule has 1 aliphatic rings. The second kappa shape index (κ2) is 7.17. The number of rotatable bonds is 4. The van der Waals surface area contributed by atoms with Crippen molar-refractivity contribution in [3.8, 4) is 0 Å². The second-order valence-electron chi connectivity index (χ2n) is 6.31. The summed E-state index contributed by atoms with van der Waals surface area (Å²) in [6.45, 7) is 7.32. The predicted molar refractivity (Wildman–Crippen MR) is 89.0 cm³/mol. The van der Waals surface area contributed by atoms with Gasteiger partial charge in [-0.1, -0.05) is 25.4 Å². The van der Waals surface area contributed by atoms with Gasteiger partial charge >= 0.3 is 0 Å². The molecular formula is C17H25ClN2O. The van der Waals surface area contributed by atoms with Crippen molar-refractivity contribution in [2.45, 2.75) is 46.1 Å². The molecule has 0 radical (unpaired) electrons. The Kier molecular flexibility index (Phi) is 5.51. The molecule has 4 heteroatoms. The third kappa shape index (κ3) is 4.37. The van der Waals surface area contributed by atoms with E-state index in [0.717, 1.165) is 25.1 Å².